The molecule has 19 heavy (non-hydrogen) atoms. The van der Waals surface area contributed by atoms with Gasteiger partial charge in [-0.2, -0.15) is 8.78 Å². The van der Waals surface area contributed by atoms with Crippen molar-refractivity contribution in [3.05, 3.63) is 0 Å². The lowest BCUT2D eigenvalue weighted by molar-refractivity contribution is -0.136. The van der Waals surface area contributed by atoms with Gasteiger partial charge in [0.25, 0.3) is 0 Å². The molecule has 1 heterocycles. The molecule has 0 aromatic heterocycles. The fourth-order valence-corrected chi connectivity index (χ4v) is 3.03. The number of carbonyl (C=O) groups is 1. The molecule has 1 atom stereocenters. The zero-order valence-corrected chi connectivity index (χ0v) is 10.7. The largest absolute Gasteiger partial charge is 0.350 e. The van der Waals surface area contributed by atoms with Crippen LogP contribution in [0.4, 0.5) is 17.6 Å². The highest BCUT2D eigenvalue weighted by Gasteiger charge is 2.41. The zero-order chi connectivity index (χ0) is 14.7. The standard InChI is InChI=1S/C9H14F4N2O3S/c10-8(11)9(12,13)5-15-7(16)3-6-4-19(17,18)2-1-14-6/h6,8,14H,1-5H2,(H,15,16). The first-order chi connectivity index (χ1) is 8.62. The molecule has 0 bridgehead atoms. The van der Waals surface area contributed by atoms with Crippen molar-refractivity contribution in [2.75, 3.05) is 24.6 Å². The van der Waals surface area contributed by atoms with Crippen molar-refractivity contribution in [1.82, 2.24) is 10.6 Å². The van der Waals surface area contributed by atoms with Crippen LogP contribution in [0.5, 0.6) is 0 Å². The van der Waals surface area contributed by atoms with Crippen molar-refractivity contribution >= 4 is 15.7 Å². The van der Waals surface area contributed by atoms with Gasteiger partial charge in [-0.05, 0) is 0 Å². The number of carbonyl (C=O) groups excluding carboxylic acids is 1. The molecule has 1 aliphatic heterocycles. The molecule has 1 unspecified atom stereocenters. The second kappa shape index (κ2) is 6.04. The first kappa shape index (κ1) is 16.2. The Hall–Kier alpha value is -0.900. The smallest absolute Gasteiger partial charge is 0.324 e. The predicted octanol–water partition coefficient (Wildman–Crippen LogP) is -0.220. The Morgan fingerprint density at radius 3 is 2.58 bits per heavy atom. The first-order valence-corrected chi connectivity index (χ1v) is 7.31. The lowest BCUT2D eigenvalue weighted by atomic mass is 10.2. The van der Waals surface area contributed by atoms with E-state index in [1.54, 1.807) is 5.32 Å². The van der Waals surface area contributed by atoms with Gasteiger partial charge in [-0.15, -0.1) is 0 Å². The molecule has 1 aliphatic rings. The topological polar surface area (TPSA) is 75.3 Å². The summed E-state index contributed by atoms with van der Waals surface area (Å²) in [5.74, 6) is -5.50. The van der Waals surface area contributed by atoms with Crippen LogP contribution in [-0.2, 0) is 14.6 Å². The van der Waals surface area contributed by atoms with Gasteiger partial charge in [-0.1, -0.05) is 0 Å². The van der Waals surface area contributed by atoms with Gasteiger partial charge in [0, 0.05) is 19.0 Å². The van der Waals surface area contributed by atoms with E-state index in [4.69, 9.17) is 0 Å². The number of nitrogens with one attached hydrogen (secondary N) is 2. The normalized spacial score (nSPS) is 23.3. The van der Waals surface area contributed by atoms with Gasteiger partial charge >= 0.3 is 12.3 Å². The third kappa shape index (κ3) is 5.31. The van der Waals surface area contributed by atoms with Crippen LogP contribution in [0.2, 0.25) is 0 Å². The summed E-state index contributed by atoms with van der Waals surface area (Å²) in [6.07, 6.45) is -4.21. The van der Waals surface area contributed by atoms with Crippen LogP contribution in [0, 0.1) is 0 Å². The van der Waals surface area contributed by atoms with Gasteiger partial charge in [0.15, 0.2) is 9.84 Å². The quantitative estimate of drug-likeness (QED) is 0.689. The minimum atomic E-state index is -4.29. The SMILES string of the molecule is O=C(CC1CS(=O)(=O)CCN1)NCC(F)(F)C(F)F. The number of hydrogen-bond donors (Lipinski definition) is 2. The van der Waals surface area contributed by atoms with Crippen molar-refractivity contribution in [2.24, 2.45) is 0 Å². The first-order valence-electron chi connectivity index (χ1n) is 5.49. The monoisotopic (exact) mass is 306 g/mol. The summed E-state index contributed by atoms with van der Waals surface area (Å²) < 4.78 is 71.2. The summed E-state index contributed by atoms with van der Waals surface area (Å²) in [5.41, 5.74) is 0. The van der Waals surface area contributed by atoms with E-state index in [1.165, 1.54) is 0 Å². The molecular weight excluding hydrogens is 292 g/mol. The number of sulfone groups is 1. The predicted molar refractivity (Wildman–Crippen MR) is 59.0 cm³/mol. The number of alkyl halides is 4. The van der Waals surface area contributed by atoms with E-state index >= 15 is 0 Å². The summed E-state index contributed by atoms with van der Waals surface area (Å²) in [5, 5.41) is 4.43. The third-order valence-corrected chi connectivity index (χ3v) is 4.31. The maximum atomic E-state index is 12.5. The zero-order valence-electron chi connectivity index (χ0n) is 9.84. The van der Waals surface area contributed by atoms with Gasteiger partial charge in [-0.3, -0.25) is 4.79 Å². The van der Waals surface area contributed by atoms with Gasteiger partial charge < -0.3 is 10.6 Å². The number of rotatable bonds is 5. The molecule has 0 radical (unpaired) electrons. The lowest BCUT2D eigenvalue weighted by Gasteiger charge is -2.23. The van der Waals surface area contributed by atoms with Crippen molar-refractivity contribution < 1.29 is 30.8 Å². The Balaban J connectivity index is 2.40. The van der Waals surface area contributed by atoms with Crippen LogP contribution in [-0.4, -0.2) is 57.3 Å². The Bertz CT molecular complexity index is 427. The summed E-state index contributed by atoms with van der Waals surface area (Å²) in [6, 6.07) is -0.682. The molecule has 1 saturated heterocycles. The van der Waals surface area contributed by atoms with E-state index in [2.05, 4.69) is 5.32 Å². The number of amides is 1. The van der Waals surface area contributed by atoms with Crippen molar-refractivity contribution in [3.63, 3.8) is 0 Å². The van der Waals surface area contributed by atoms with Crippen molar-refractivity contribution in [2.45, 2.75) is 24.8 Å². The molecule has 2 N–H and O–H groups in total. The van der Waals surface area contributed by atoms with Crippen LogP contribution in [0.3, 0.4) is 0 Å². The molecule has 0 aromatic carbocycles. The molecule has 0 saturated carbocycles. The molecule has 1 amide bonds. The van der Waals surface area contributed by atoms with E-state index in [1.807, 2.05) is 0 Å². The average Bonchev–Trinajstić information content (AvgIpc) is 2.25. The Morgan fingerprint density at radius 2 is 2.05 bits per heavy atom. The fourth-order valence-electron chi connectivity index (χ4n) is 1.59. The molecule has 5 nitrogen and oxygen atoms in total. The van der Waals surface area contributed by atoms with Gasteiger partial charge in [0.05, 0.1) is 18.1 Å². The maximum Gasteiger partial charge on any atom is 0.324 e. The van der Waals surface area contributed by atoms with E-state index in [0.717, 1.165) is 0 Å². The van der Waals surface area contributed by atoms with E-state index in [-0.39, 0.29) is 24.5 Å². The Morgan fingerprint density at radius 1 is 1.42 bits per heavy atom. The summed E-state index contributed by atoms with van der Waals surface area (Å²) in [4.78, 5) is 11.3. The highest BCUT2D eigenvalue weighted by molar-refractivity contribution is 7.91. The molecule has 112 valence electrons. The molecule has 1 rings (SSSR count). The van der Waals surface area contributed by atoms with Crippen molar-refractivity contribution in [1.29, 1.82) is 0 Å². The molecule has 1 fully saturated rings. The van der Waals surface area contributed by atoms with Crippen LogP contribution in [0.1, 0.15) is 6.42 Å². The lowest BCUT2D eigenvalue weighted by Crippen LogP contribution is -2.48. The molecule has 10 heteroatoms. The number of halogens is 4. The Labute approximate surface area is 107 Å². The summed E-state index contributed by atoms with van der Waals surface area (Å²) >= 11 is 0. The van der Waals surface area contributed by atoms with Gasteiger partial charge in [0.2, 0.25) is 5.91 Å². The van der Waals surface area contributed by atoms with Gasteiger partial charge in [-0.25, -0.2) is 17.2 Å². The van der Waals surface area contributed by atoms with Crippen LogP contribution < -0.4 is 10.6 Å². The van der Waals surface area contributed by atoms with Crippen LogP contribution in [0.25, 0.3) is 0 Å². The molecule has 0 aliphatic carbocycles. The van der Waals surface area contributed by atoms with E-state index in [9.17, 15) is 30.8 Å². The van der Waals surface area contributed by atoms with E-state index < -0.39 is 40.7 Å². The summed E-state index contributed by atoms with van der Waals surface area (Å²) in [7, 11) is -3.24. The third-order valence-electron chi connectivity index (χ3n) is 2.57. The van der Waals surface area contributed by atoms with Crippen LogP contribution >= 0.6 is 0 Å². The minimum Gasteiger partial charge on any atom is -0.350 e. The molecule has 0 aromatic rings. The molecular formula is C9H14F4N2O3S. The highest BCUT2D eigenvalue weighted by Crippen LogP contribution is 2.21. The van der Waals surface area contributed by atoms with Crippen LogP contribution in [0.15, 0.2) is 0 Å². The Kier molecular flexibility index (Phi) is 5.13. The van der Waals surface area contributed by atoms with Gasteiger partial charge in [0.1, 0.15) is 0 Å². The minimum absolute atomic E-state index is 0.0471. The fraction of sp³-hybridized carbons (Fsp3) is 0.889. The average molecular weight is 306 g/mol. The second-order valence-electron chi connectivity index (χ2n) is 4.31. The highest BCUT2D eigenvalue weighted by atomic mass is 32.2. The summed E-state index contributed by atoms with van der Waals surface area (Å²) in [6.45, 7) is -1.30. The second-order valence-corrected chi connectivity index (χ2v) is 6.54. The molecule has 0 spiro atoms. The van der Waals surface area contributed by atoms with Crippen molar-refractivity contribution in [3.8, 4) is 0 Å². The number of hydrogen-bond acceptors (Lipinski definition) is 4. The maximum absolute atomic E-state index is 12.5. The van der Waals surface area contributed by atoms with E-state index in [0.29, 0.717) is 0 Å².